The van der Waals surface area contributed by atoms with Crippen molar-refractivity contribution in [3.05, 3.63) is 24.3 Å². The van der Waals surface area contributed by atoms with Crippen LogP contribution in [0.4, 0.5) is 0 Å². The molecule has 84 heavy (non-hydrogen) atoms. The molecule has 2 unspecified atom stereocenters. The quantitative estimate of drug-likeness (QED) is 0.0169. The Morgan fingerprint density at radius 2 is 0.643 bits per heavy atom. The predicted molar refractivity (Wildman–Crippen MR) is 335 cm³/mol. The molecule has 0 heterocycles. The fourth-order valence-electron chi connectivity index (χ4n) is 9.22. The van der Waals surface area contributed by atoms with Crippen molar-refractivity contribution in [1.29, 1.82) is 0 Å². The molecule has 0 rings (SSSR count). The van der Waals surface area contributed by atoms with Crippen LogP contribution in [0.5, 0.6) is 0 Å². The number of carbonyl (C=O) groups excluding carboxylic acids is 4. The number of allylic oxidation sites excluding steroid dienone is 4. The smallest absolute Gasteiger partial charge is 0.462 e. The van der Waals surface area contributed by atoms with E-state index in [2.05, 4.69) is 58.9 Å². The molecule has 0 saturated heterocycles. The molecular weight excluding hydrogens is 1110 g/mol. The van der Waals surface area contributed by atoms with Crippen LogP contribution < -0.4 is 0 Å². The summed E-state index contributed by atoms with van der Waals surface area (Å²) in [4.78, 5) is 72.1. The summed E-state index contributed by atoms with van der Waals surface area (Å²) in [5.41, 5.74) is 0. The van der Waals surface area contributed by atoms with E-state index in [9.17, 15) is 43.2 Å². The van der Waals surface area contributed by atoms with Crippen LogP contribution in [-0.4, -0.2) is 96.7 Å². The van der Waals surface area contributed by atoms with Crippen molar-refractivity contribution in [2.24, 2.45) is 5.92 Å². The standard InChI is InChI=1S/C65H122O17P2/c1-6-9-12-15-18-21-23-25-26-27-29-31-34-40-45-50-64(69)81-60(54-76-63(68)49-44-39-33-30-28-24-22-19-16-13-10-7-2)56-79-83(71,72)77-52-59(66)53-78-84(73,74)80-57-61(55-75-62(67)48-43-38-32-20-17-14-11-8-3)82-65(70)51-46-41-36-35-37-42-47-58(4)5/h21,23,25-26,58-61,66H,6-20,22,24,27-57H2,1-5H3,(H,71,72)(H,73,74)/b23-21-,26-25-/t59-,60-,61-/m1/s1. The average molecular weight is 1240 g/mol. The molecule has 3 N–H and O–H groups in total. The van der Waals surface area contributed by atoms with E-state index < -0.39 is 97.5 Å². The normalized spacial score (nSPS) is 14.4. The number of hydrogen-bond acceptors (Lipinski definition) is 15. The number of aliphatic hydroxyl groups is 1. The van der Waals surface area contributed by atoms with Crippen molar-refractivity contribution in [1.82, 2.24) is 0 Å². The topological polar surface area (TPSA) is 237 Å². The highest BCUT2D eigenvalue weighted by molar-refractivity contribution is 7.47. The molecule has 0 amide bonds. The predicted octanol–water partition coefficient (Wildman–Crippen LogP) is 17.7. The van der Waals surface area contributed by atoms with Crippen molar-refractivity contribution in [2.45, 2.75) is 323 Å². The molecule has 0 radical (unpaired) electrons. The molecule has 0 aliphatic heterocycles. The zero-order valence-electron chi connectivity index (χ0n) is 53.5. The Labute approximate surface area is 510 Å². The minimum atomic E-state index is -4.95. The number of carbonyl (C=O) groups is 4. The number of hydrogen-bond donors (Lipinski definition) is 3. The summed E-state index contributed by atoms with van der Waals surface area (Å²) in [7, 11) is -9.90. The van der Waals surface area contributed by atoms with Crippen molar-refractivity contribution in [3.8, 4) is 0 Å². The van der Waals surface area contributed by atoms with Crippen LogP contribution in [0.1, 0.15) is 304 Å². The molecule has 0 aliphatic carbocycles. The fourth-order valence-corrected chi connectivity index (χ4v) is 10.8. The van der Waals surface area contributed by atoms with Gasteiger partial charge in [0.05, 0.1) is 26.4 Å². The van der Waals surface area contributed by atoms with E-state index in [4.69, 9.17) is 37.0 Å². The molecule has 0 spiro atoms. The van der Waals surface area contributed by atoms with Gasteiger partial charge in [-0.15, -0.1) is 0 Å². The third kappa shape index (κ3) is 58.6. The van der Waals surface area contributed by atoms with Crippen molar-refractivity contribution >= 4 is 39.5 Å². The van der Waals surface area contributed by atoms with Gasteiger partial charge in [-0.2, -0.15) is 0 Å². The maximum atomic E-state index is 13.0. The van der Waals surface area contributed by atoms with Crippen LogP contribution >= 0.6 is 15.6 Å². The van der Waals surface area contributed by atoms with Crippen LogP contribution in [0.3, 0.4) is 0 Å². The van der Waals surface area contributed by atoms with Gasteiger partial charge in [-0.3, -0.25) is 37.3 Å². The number of ether oxygens (including phenoxy) is 4. The number of aliphatic hydroxyl groups excluding tert-OH is 1. The molecule has 0 aromatic heterocycles. The fraction of sp³-hybridized carbons (Fsp3) is 0.877. The maximum absolute atomic E-state index is 13.0. The highest BCUT2D eigenvalue weighted by atomic mass is 31.2. The highest BCUT2D eigenvalue weighted by Gasteiger charge is 2.30. The van der Waals surface area contributed by atoms with Gasteiger partial charge in [-0.1, -0.05) is 252 Å². The van der Waals surface area contributed by atoms with Gasteiger partial charge in [-0.05, 0) is 57.3 Å². The number of unbranched alkanes of at least 4 members (excludes halogenated alkanes) is 32. The van der Waals surface area contributed by atoms with E-state index in [0.29, 0.717) is 31.6 Å². The third-order valence-electron chi connectivity index (χ3n) is 14.4. The van der Waals surface area contributed by atoms with Gasteiger partial charge in [0.1, 0.15) is 19.3 Å². The second kappa shape index (κ2) is 58.2. The van der Waals surface area contributed by atoms with Gasteiger partial charge in [0, 0.05) is 25.7 Å². The van der Waals surface area contributed by atoms with E-state index >= 15 is 0 Å². The number of phosphoric acid groups is 2. The van der Waals surface area contributed by atoms with Gasteiger partial charge in [0.2, 0.25) is 0 Å². The average Bonchev–Trinajstić information content (AvgIpc) is 3.59. The number of esters is 4. The Kier molecular flexibility index (Phi) is 56.5. The molecule has 19 heteroatoms. The van der Waals surface area contributed by atoms with E-state index in [1.165, 1.54) is 109 Å². The molecule has 5 atom stereocenters. The first-order valence-electron chi connectivity index (χ1n) is 33.5. The molecule has 494 valence electrons. The lowest BCUT2D eigenvalue weighted by atomic mass is 10.0. The first-order valence-corrected chi connectivity index (χ1v) is 36.4. The summed E-state index contributed by atoms with van der Waals surface area (Å²) in [5.74, 6) is -1.50. The van der Waals surface area contributed by atoms with E-state index in [-0.39, 0.29) is 25.7 Å². The van der Waals surface area contributed by atoms with Crippen molar-refractivity contribution in [3.63, 3.8) is 0 Å². The molecule has 0 aromatic rings. The monoisotopic (exact) mass is 1240 g/mol. The minimum Gasteiger partial charge on any atom is -0.462 e. The lowest BCUT2D eigenvalue weighted by Gasteiger charge is -2.21. The van der Waals surface area contributed by atoms with Gasteiger partial charge in [0.25, 0.3) is 0 Å². The van der Waals surface area contributed by atoms with Crippen LogP contribution in [-0.2, 0) is 65.4 Å². The molecule has 0 saturated carbocycles. The van der Waals surface area contributed by atoms with E-state index in [1.54, 1.807) is 0 Å². The molecule has 0 bridgehead atoms. The van der Waals surface area contributed by atoms with Gasteiger partial charge >= 0.3 is 39.5 Å². The summed E-state index contributed by atoms with van der Waals surface area (Å²) in [5, 5.41) is 10.5. The second-order valence-corrected chi connectivity index (χ2v) is 26.2. The Bertz CT molecular complexity index is 1730. The zero-order chi connectivity index (χ0) is 62.0. The number of rotatable bonds is 63. The summed E-state index contributed by atoms with van der Waals surface area (Å²) < 4.78 is 67.9. The van der Waals surface area contributed by atoms with Crippen LogP contribution in [0, 0.1) is 5.92 Å². The van der Waals surface area contributed by atoms with E-state index in [0.717, 1.165) is 109 Å². The largest absolute Gasteiger partial charge is 0.472 e. The molecular formula is C65H122O17P2. The first kappa shape index (κ1) is 81.5. The van der Waals surface area contributed by atoms with Crippen molar-refractivity contribution in [2.75, 3.05) is 39.6 Å². The Balaban J connectivity index is 5.26. The summed E-state index contributed by atoms with van der Waals surface area (Å²) >= 11 is 0. The first-order chi connectivity index (χ1) is 40.5. The third-order valence-corrected chi connectivity index (χ3v) is 16.3. The highest BCUT2D eigenvalue weighted by Crippen LogP contribution is 2.45. The van der Waals surface area contributed by atoms with E-state index in [1.807, 2.05) is 0 Å². The van der Waals surface area contributed by atoms with Crippen molar-refractivity contribution < 1.29 is 80.2 Å². The lowest BCUT2D eigenvalue weighted by molar-refractivity contribution is -0.161. The van der Waals surface area contributed by atoms with Crippen LogP contribution in [0.2, 0.25) is 0 Å². The maximum Gasteiger partial charge on any atom is 0.472 e. The molecule has 0 fully saturated rings. The minimum absolute atomic E-state index is 0.0851. The molecule has 0 aliphatic rings. The number of phosphoric ester groups is 2. The van der Waals surface area contributed by atoms with Gasteiger partial charge in [-0.25, -0.2) is 9.13 Å². The zero-order valence-corrected chi connectivity index (χ0v) is 55.3. The Morgan fingerprint density at radius 3 is 0.976 bits per heavy atom. The SMILES string of the molecule is CCCCCC/C=C\C=C/CCCCCCCC(=O)O[C@H](COC(=O)CCCCCCCCCCCCCC)COP(=O)(O)OC[C@@H](O)COP(=O)(O)OC[C@@H](COC(=O)CCCCCCCCCC)OC(=O)CCCCCCCCC(C)C. The van der Waals surface area contributed by atoms with Crippen LogP contribution in [0.15, 0.2) is 24.3 Å². The van der Waals surface area contributed by atoms with Crippen LogP contribution in [0.25, 0.3) is 0 Å². The Morgan fingerprint density at radius 1 is 0.369 bits per heavy atom. The van der Waals surface area contributed by atoms with Gasteiger partial charge < -0.3 is 33.8 Å². The summed E-state index contributed by atoms with van der Waals surface area (Å²) in [6.07, 6.45) is 45.4. The summed E-state index contributed by atoms with van der Waals surface area (Å²) in [6, 6.07) is 0. The summed E-state index contributed by atoms with van der Waals surface area (Å²) in [6.45, 7) is 7.01. The molecule has 17 nitrogen and oxygen atoms in total. The lowest BCUT2D eigenvalue weighted by Crippen LogP contribution is -2.30. The molecule has 0 aromatic carbocycles. The van der Waals surface area contributed by atoms with Gasteiger partial charge in [0.15, 0.2) is 12.2 Å². The Hall–Kier alpha value is -2.46. The second-order valence-electron chi connectivity index (χ2n) is 23.3.